The van der Waals surface area contributed by atoms with Crippen molar-refractivity contribution in [1.82, 2.24) is 20.0 Å². The lowest BCUT2D eigenvalue weighted by atomic mass is 10.1. The van der Waals surface area contributed by atoms with Crippen molar-refractivity contribution < 1.29 is 4.79 Å². The number of benzene rings is 2. The minimum absolute atomic E-state index is 0.150. The fourth-order valence-electron chi connectivity index (χ4n) is 2.55. The molecule has 5 nitrogen and oxygen atoms in total. The number of hydrogen-bond acceptors (Lipinski definition) is 3. The van der Waals surface area contributed by atoms with Gasteiger partial charge >= 0.3 is 0 Å². The number of halogens is 1. The summed E-state index contributed by atoms with van der Waals surface area (Å²) in [7, 11) is 3.94. The largest absolute Gasteiger partial charge is 0.349 e. The molecule has 0 aliphatic heterocycles. The van der Waals surface area contributed by atoms with Crippen molar-refractivity contribution in [2.24, 2.45) is 0 Å². The van der Waals surface area contributed by atoms with E-state index in [0.29, 0.717) is 17.3 Å². The van der Waals surface area contributed by atoms with Gasteiger partial charge < -0.3 is 10.2 Å². The van der Waals surface area contributed by atoms with Crippen LogP contribution >= 0.6 is 11.6 Å². The summed E-state index contributed by atoms with van der Waals surface area (Å²) in [6.07, 6.45) is 0. The van der Waals surface area contributed by atoms with Gasteiger partial charge in [-0.25, -0.2) is 4.68 Å². The number of nitrogens with one attached hydrogen (secondary N) is 1. The molecule has 0 spiro atoms. The number of hydrogen-bond donors (Lipinski definition) is 1. The molecular formula is C20H21ClN4O. The molecule has 1 heterocycles. The normalized spacial score (nSPS) is 10.9. The molecule has 1 amide bonds. The van der Waals surface area contributed by atoms with Crippen molar-refractivity contribution in [3.05, 3.63) is 71.4 Å². The Morgan fingerprint density at radius 3 is 2.46 bits per heavy atom. The Bertz CT molecular complexity index is 873. The monoisotopic (exact) mass is 368 g/mol. The first kappa shape index (κ1) is 18.2. The second-order valence-electron chi connectivity index (χ2n) is 6.23. The summed E-state index contributed by atoms with van der Waals surface area (Å²) in [5.74, 6) is -0.150. The van der Waals surface area contributed by atoms with E-state index in [1.165, 1.54) is 0 Å². The number of carbonyl (C=O) groups excluding carboxylic acids is 1. The van der Waals surface area contributed by atoms with Gasteiger partial charge in [0.25, 0.3) is 5.91 Å². The molecule has 0 atom stereocenters. The molecule has 0 saturated carbocycles. The Balaban J connectivity index is 1.95. The molecule has 134 valence electrons. The molecule has 0 aliphatic rings. The van der Waals surface area contributed by atoms with Crippen LogP contribution in [0.4, 0.5) is 0 Å². The van der Waals surface area contributed by atoms with Crippen molar-refractivity contribution >= 4 is 17.5 Å². The van der Waals surface area contributed by atoms with E-state index >= 15 is 0 Å². The third kappa shape index (κ3) is 4.31. The zero-order valence-corrected chi connectivity index (χ0v) is 15.6. The summed E-state index contributed by atoms with van der Waals surface area (Å²) in [6, 6.07) is 18.9. The Kier molecular flexibility index (Phi) is 5.71. The van der Waals surface area contributed by atoms with Crippen LogP contribution in [0.2, 0.25) is 5.02 Å². The van der Waals surface area contributed by atoms with E-state index in [2.05, 4.69) is 10.4 Å². The molecule has 1 aromatic heterocycles. The molecule has 6 heteroatoms. The number of rotatable bonds is 6. The molecule has 1 N–H and O–H groups in total. The van der Waals surface area contributed by atoms with Gasteiger partial charge in [-0.2, -0.15) is 5.10 Å². The first-order valence-electron chi connectivity index (χ1n) is 8.39. The number of carbonyl (C=O) groups is 1. The number of amides is 1. The third-order valence-electron chi connectivity index (χ3n) is 3.93. The maximum absolute atomic E-state index is 12.7. The van der Waals surface area contributed by atoms with E-state index < -0.39 is 0 Å². The van der Waals surface area contributed by atoms with Crippen LogP contribution < -0.4 is 5.32 Å². The topological polar surface area (TPSA) is 50.2 Å². The van der Waals surface area contributed by atoms with E-state index in [-0.39, 0.29) is 5.91 Å². The SMILES string of the molecule is CN(C)CCNC(=O)c1cc(-c2ccc(Cl)cc2)nn1-c1ccccc1. The second kappa shape index (κ2) is 8.17. The van der Waals surface area contributed by atoms with Gasteiger partial charge in [-0.3, -0.25) is 4.79 Å². The van der Waals surface area contributed by atoms with Crippen LogP contribution in [-0.2, 0) is 0 Å². The van der Waals surface area contributed by atoms with Gasteiger partial charge in [0.15, 0.2) is 0 Å². The first-order chi connectivity index (χ1) is 12.5. The molecule has 0 saturated heterocycles. The zero-order valence-electron chi connectivity index (χ0n) is 14.8. The van der Waals surface area contributed by atoms with Crippen LogP contribution in [-0.4, -0.2) is 47.8 Å². The van der Waals surface area contributed by atoms with Gasteiger partial charge in [0, 0.05) is 23.7 Å². The molecule has 3 rings (SSSR count). The van der Waals surface area contributed by atoms with E-state index in [1.54, 1.807) is 10.7 Å². The van der Waals surface area contributed by atoms with Gasteiger partial charge in [-0.1, -0.05) is 41.9 Å². The van der Waals surface area contributed by atoms with Gasteiger partial charge in [-0.05, 0) is 44.4 Å². The van der Waals surface area contributed by atoms with Crippen LogP contribution in [0.15, 0.2) is 60.7 Å². The van der Waals surface area contributed by atoms with Crippen LogP contribution in [0.1, 0.15) is 10.5 Å². The number of likely N-dealkylation sites (N-methyl/N-ethyl adjacent to an activating group) is 1. The predicted octanol–water partition coefficient (Wildman–Crippen LogP) is 3.48. The minimum Gasteiger partial charge on any atom is -0.349 e. The minimum atomic E-state index is -0.150. The standard InChI is InChI=1S/C20H21ClN4O/c1-24(2)13-12-22-20(26)19-14-18(15-8-10-16(21)11-9-15)23-25(19)17-6-4-3-5-7-17/h3-11,14H,12-13H2,1-2H3,(H,22,26). The van der Waals surface area contributed by atoms with Crippen LogP contribution in [0.25, 0.3) is 16.9 Å². The highest BCUT2D eigenvalue weighted by Gasteiger charge is 2.17. The summed E-state index contributed by atoms with van der Waals surface area (Å²) in [4.78, 5) is 14.7. The van der Waals surface area contributed by atoms with Gasteiger partial charge in [-0.15, -0.1) is 0 Å². The van der Waals surface area contributed by atoms with E-state index in [1.807, 2.05) is 73.6 Å². The van der Waals surface area contributed by atoms with E-state index in [9.17, 15) is 4.79 Å². The second-order valence-corrected chi connectivity index (χ2v) is 6.66. The van der Waals surface area contributed by atoms with Crippen molar-refractivity contribution in [1.29, 1.82) is 0 Å². The van der Waals surface area contributed by atoms with E-state index in [4.69, 9.17) is 11.6 Å². The lowest BCUT2D eigenvalue weighted by Crippen LogP contribution is -2.32. The van der Waals surface area contributed by atoms with Crippen LogP contribution in [0.5, 0.6) is 0 Å². The highest BCUT2D eigenvalue weighted by Crippen LogP contribution is 2.23. The predicted molar refractivity (Wildman–Crippen MR) is 105 cm³/mol. The number of nitrogens with zero attached hydrogens (tertiary/aromatic N) is 3. The molecule has 3 aromatic rings. The van der Waals surface area contributed by atoms with Crippen molar-refractivity contribution in [3.8, 4) is 16.9 Å². The number of aromatic nitrogens is 2. The molecule has 0 unspecified atom stereocenters. The highest BCUT2D eigenvalue weighted by atomic mass is 35.5. The van der Waals surface area contributed by atoms with Crippen LogP contribution in [0, 0.1) is 0 Å². The molecule has 0 fully saturated rings. The summed E-state index contributed by atoms with van der Waals surface area (Å²) >= 11 is 5.97. The van der Waals surface area contributed by atoms with Crippen molar-refractivity contribution in [2.75, 3.05) is 27.2 Å². The van der Waals surface area contributed by atoms with Gasteiger partial charge in [0.1, 0.15) is 5.69 Å². The fraction of sp³-hybridized carbons (Fsp3) is 0.200. The molecular weight excluding hydrogens is 348 g/mol. The molecule has 2 aromatic carbocycles. The molecule has 0 radical (unpaired) electrons. The number of para-hydroxylation sites is 1. The summed E-state index contributed by atoms with van der Waals surface area (Å²) in [5.41, 5.74) is 2.97. The maximum Gasteiger partial charge on any atom is 0.270 e. The average Bonchev–Trinajstić information content (AvgIpc) is 3.08. The smallest absolute Gasteiger partial charge is 0.270 e. The average molecular weight is 369 g/mol. The third-order valence-corrected chi connectivity index (χ3v) is 4.18. The Labute approximate surface area is 158 Å². The van der Waals surface area contributed by atoms with Gasteiger partial charge in [0.05, 0.1) is 11.4 Å². The Morgan fingerprint density at radius 1 is 1.12 bits per heavy atom. The van der Waals surface area contributed by atoms with E-state index in [0.717, 1.165) is 23.5 Å². The fourth-order valence-corrected chi connectivity index (χ4v) is 2.68. The Morgan fingerprint density at radius 2 is 1.81 bits per heavy atom. The van der Waals surface area contributed by atoms with Gasteiger partial charge in [0.2, 0.25) is 0 Å². The Hall–Kier alpha value is -2.63. The maximum atomic E-state index is 12.7. The zero-order chi connectivity index (χ0) is 18.5. The lowest BCUT2D eigenvalue weighted by molar-refractivity contribution is 0.0943. The quantitative estimate of drug-likeness (QED) is 0.724. The molecule has 0 bridgehead atoms. The van der Waals surface area contributed by atoms with Crippen molar-refractivity contribution in [2.45, 2.75) is 0 Å². The highest BCUT2D eigenvalue weighted by molar-refractivity contribution is 6.30. The van der Waals surface area contributed by atoms with Crippen molar-refractivity contribution in [3.63, 3.8) is 0 Å². The van der Waals surface area contributed by atoms with Crippen LogP contribution in [0.3, 0.4) is 0 Å². The summed E-state index contributed by atoms with van der Waals surface area (Å²) in [6.45, 7) is 1.34. The molecule has 0 aliphatic carbocycles. The molecule has 26 heavy (non-hydrogen) atoms. The lowest BCUT2D eigenvalue weighted by Gasteiger charge is -2.11. The summed E-state index contributed by atoms with van der Waals surface area (Å²) in [5, 5.41) is 8.26. The summed E-state index contributed by atoms with van der Waals surface area (Å²) < 4.78 is 1.68. The first-order valence-corrected chi connectivity index (χ1v) is 8.77.